The summed E-state index contributed by atoms with van der Waals surface area (Å²) in [4.78, 5) is 10.0. The van der Waals surface area contributed by atoms with Crippen molar-refractivity contribution in [2.24, 2.45) is 0 Å². The first-order valence-corrected chi connectivity index (χ1v) is 9.83. The Hall–Kier alpha value is -2.68. The van der Waals surface area contributed by atoms with Gasteiger partial charge in [0.05, 0.1) is 46.9 Å². The van der Waals surface area contributed by atoms with Crippen LogP contribution in [0.25, 0.3) is 10.9 Å². The molecule has 164 valence electrons. The van der Waals surface area contributed by atoms with Gasteiger partial charge in [-0.25, -0.2) is 14.4 Å². The van der Waals surface area contributed by atoms with Crippen molar-refractivity contribution in [1.82, 2.24) is 14.9 Å². The van der Waals surface area contributed by atoms with Crippen LogP contribution in [0.1, 0.15) is 16.0 Å². The Morgan fingerprint density at radius 3 is 2.94 bits per heavy atom. The van der Waals surface area contributed by atoms with Gasteiger partial charge in [0.15, 0.2) is 11.5 Å². The lowest BCUT2D eigenvalue weighted by atomic mass is 10.2. The highest BCUT2D eigenvalue weighted by atomic mass is 35.5. The number of ether oxygens (including phenoxy) is 3. The van der Waals surface area contributed by atoms with Gasteiger partial charge >= 0.3 is 0 Å². The number of morpholine rings is 1. The molecule has 0 radical (unpaired) electrons. The smallest absolute Gasteiger partial charge is 0.162 e. The molecule has 0 amide bonds. The Morgan fingerprint density at radius 1 is 1.26 bits per heavy atom. The molecule has 0 aliphatic carbocycles. The lowest BCUT2D eigenvalue weighted by molar-refractivity contribution is 0.0357. The second kappa shape index (κ2) is 10.1. The van der Waals surface area contributed by atoms with Crippen molar-refractivity contribution in [2.75, 3.05) is 51.7 Å². The first-order valence-electron chi connectivity index (χ1n) is 12.9. The van der Waals surface area contributed by atoms with Crippen LogP contribution in [0.3, 0.4) is 0 Å². The molecule has 0 bridgehead atoms. The maximum absolute atomic E-state index is 13.6. The molecule has 0 saturated carbocycles. The number of fused-ring (bicyclic) bond motifs is 1. The maximum Gasteiger partial charge on any atom is 0.162 e. The number of hydrogen-bond donors (Lipinski definition) is 1. The summed E-state index contributed by atoms with van der Waals surface area (Å²) in [6.07, 6.45) is 1.65. The van der Waals surface area contributed by atoms with E-state index in [1.54, 1.807) is 4.90 Å². The van der Waals surface area contributed by atoms with Crippen molar-refractivity contribution in [2.45, 2.75) is 6.42 Å². The number of hydrogen-bond acceptors (Lipinski definition) is 7. The molecule has 3 aromatic rings. The van der Waals surface area contributed by atoms with Crippen LogP contribution in [0.4, 0.5) is 15.9 Å². The fourth-order valence-corrected chi connectivity index (χ4v) is 3.23. The van der Waals surface area contributed by atoms with E-state index in [1.165, 1.54) is 36.7 Å². The molecule has 2 aromatic carbocycles. The summed E-state index contributed by atoms with van der Waals surface area (Å²) >= 11 is 5.87. The normalized spacial score (nSPS) is 21.5. The number of rotatable bonds is 8. The highest BCUT2D eigenvalue weighted by Gasteiger charge is 2.14. The van der Waals surface area contributed by atoms with E-state index in [-0.39, 0.29) is 36.2 Å². The van der Waals surface area contributed by atoms with Crippen LogP contribution in [0.15, 0.2) is 36.7 Å². The van der Waals surface area contributed by atoms with Gasteiger partial charge in [-0.15, -0.1) is 0 Å². The predicted molar refractivity (Wildman–Crippen MR) is 118 cm³/mol. The number of nitrogens with zero attached hydrogens (tertiary/aromatic N) is 3. The standard InChI is InChI=1S/C22H24ClFN4O3/c1-29-20-13-19-16(12-21(20)31-8-2-5-28-6-9-30-10-7-28)22(26-14-25-19)27-15-3-4-18(24)17(23)11-15/h3-4,11-14H,2,5-10H2,1H3,(H,25,26,27)/i1D3,9D2,10D2. The number of halogens is 2. The van der Waals surface area contributed by atoms with E-state index in [4.69, 9.17) is 35.4 Å². The molecule has 1 N–H and O–H groups in total. The molecular weight excluding hydrogens is 423 g/mol. The van der Waals surface area contributed by atoms with Gasteiger partial charge in [-0.05, 0) is 30.7 Å². The number of aromatic nitrogens is 2. The second-order valence-corrected chi connectivity index (χ2v) is 7.10. The van der Waals surface area contributed by atoms with Gasteiger partial charge in [-0.3, -0.25) is 4.90 Å². The molecule has 4 rings (SSSR count). The van der Waals surface area contributed by atoms with Crippen LogP contribution in [-0.4, -0.2) is 61.3 Å². The van der Waals surface area contributed by atoms with Crippen LogP contribution in [0.2, 0.25) is 5.02 Å². The molecule has 0 atom stereocenters. The highest BCUT2D eigenvalue weighted by molar-refractivity contribution is 6.31. The Bertz CT molecular complexity index is 1300. The Kier molecular flexibility index (Phi) is 4.68. The number of benzene rings is 2. The van der Waals surface area contributed by atoms with E-state index in [2.05, 4.69) is 15.3 Å². The molecule has 9 heteroatoms. The average molecular weight is 454 g/mol. The molecule has 0 unspecified atom stereocenters. The van der Waals surface area contributed by atoms with E-state index in [9.17, 15) is 4.39 Å². The largest absolute Gasteiger partial charge is 0.493 e. The van der Waals surface area contributed by atoms with E-state index in [0.29, 0.717) is 35.4 Å². The zero-order chi connectivity index (χ0) is 27.7. The lowest BCUT2D eigenvalue weighted by Gasteiger charge is -2.26. The quantitative estimate of drug-likeness (QED) is 0.510. The average Bonchev–Trinajstić information content (AvgIpc) is 2.76. The third kappa shape index (κ3) is 5.33. The summed E-state index contributed by atoms with van der Waals surface area (Å²) in [7, 11) is -2.75. The zero-order valence-electron chi connectivity index (χ0n) is 23.3. The monoisotopic (exact) mass is 453 g/mol. The number of nitrogens with one attached hydrogen (secondary N) is 1. The van der Waals surface area contributed by atoms with Crippen LogP contribution in [0.5, 0.6) is 11.5 Å². The summed E-state index contributed by atoms with van der Waals surface area (Å²) < 4.78 is 82.9. The van der Waals surface area contributed by atoms with Crippen molar-refractivity contribution in [3.8, 4) is 11.5 Å². The summed E-state index contributed by atoms with van der Waals surface area (Å²) in [6.45, 7) is -4.05. The van der Waals surface area contributed by atoms with E-state index < -0.39 is 26.0 Å². The zero-order valence-corrected chi connectivity index (χ0v) is 17.1. The van der Waals surface area contributed by atoms with Crippen molar-refractivity contribution in [3.63, 3.8) is 0 Å². The van der Waals surface area contributed by atoms with Gasteiger partial charge in [0, 0.05) is 36.8 Å². The van der Waals surface area contributed by atoms with Crippen LogP contribution < -0.4 is 14.8 Å². The minimum absolute atomic E-state index is 0.0639. The molecule has 1 aliphatic heterocycles. The predicted octanol–water partition coefficient (Wildman–Crippen LogP) is 4.28. The van der Waals surface area contributed by atoms with Crippen LogP contribution >= 0.6 is 11.6 Å². The maximum atomic E-state index is 13.6. The van der Waals surface area contributed by atoms with Gasteiger partial charge in [0.2, 0.25) is 0 Å². The topological polar surface area (TPSA) is 68.7 Å². The first-order chi connectivity index (χ1) is 17.7. The molecule has 1 fully saturated rings. The molecule has 31 heavy (non-hydrogen) atoms. The fourth-order valence-electron chi connectivity index (χ4n) is 3.05. The van der Waals surface area contributed by atoms with Crippen molar-refractivity contribution in [1.29, 1.82) is 0 Å². The Balaban J connectivity index is 1.54. The number of methoxy groups -OCH3 is 1. The molecule has 7 nitrogen and oxygen atoms in total. The van der Waals surface area contributed by atoms with Crippen molar-refractivity contribution >= 4 is 34.0 Å². The van der Waals surface area contributed by atoms with Gasteiger partial charge in [-0.1, -0.05) is 11.6 Å². The van der Waals surface area contributed by atoms with Crippen LogP contribution in [-0.2, 0) is 4.74 Å². The van der Waals surface area contributed by atoms with E-state index >= 15 is 0 Å². The van der Waals surface area contributed by atoms with Crippen molar-refractivity contribution < 1.29 is 28.2 Å². The van der Waals surface area contributed by atoms with Gasteiger partial charge in [0.25, 0.3) is 0 Å². The number of anilines is 2. The van der Waals surface area contributed by atoms with Crippen LogP contribution in [0, 0.1) is 5.82 Å². The minimum Gasteiger partial charge on any atom is -0.493 e. The first kappa shape index (κ1) is 14.4. The summed E-state index contributed by atoms with van der Waals surface area (Å²) in [5.41, 5.74) is 0.826. The highest BCUT2D eigenvalue weighted by Crippen LogP contribution is 2.35. The molecule has 1 aliphatic rings. The summed E-state index contributed by atoms with van der Waals surface area (Å²) in [5, 5.41) is 3.43. The third-order valence-electron chi connectivity index (χ3n) is 4.59. The fraction of sp³-hybridized carbons (Fsp3) is 0.364. The lowest BCUT2D eigenvalue weighted by Crippen LogP contribution is -2.37. The minimum atomic E-state index is -2.75. The molecular formula is C22H24ClFN4O3. The SMILES string of the molecule is [2H]C([2H])([2H])Oc1cc2ncnc(Nc3ccc(F)c(Cl)c3)c2cc1OCCCN1CC([2H])([2H])OC([2H])([2H])C1. The van der Waals surface area contributed by atoms with Gasteiger partial charge in [-0.2, -0.15) is 0 Å². The van der Waals surface area contributed by atoms with Gasteiger partial charge < -0.3 is 19.5 Å². The second-order valence-electron chi connectivity index (χ2n) is 6.70. The van der Waals surface area contributed by atoms with Gasteiger partial charge in [0.1, 0.15) is 18.0 Å². The van der Waals surface area contributed by atoms with E-state index in [1.807, 2.05) is 0 Å². The Morgan fingerprint density at radius 2 is 2.13 bits per heavy atom. The van der Waals surface area contributed by atoms with E-state index in [0.717, 1.165) is 0 Å². The molecule has 2 heterocycles. The molecule has 0 spiro atoms. The summed E-state index contributed by atoms with van der Waals surface area (Å²) in [5.74, 6) is -0.195. The summed E-state index contributed by atoms with van der Waals surface area (Å²) in [6, 6.07) is 7.01. The molecule has 1 aromatic heterocycles. The molecule has 1 saturated heterocycles. The third-order valence-corrected chi connectivity index (χ3v) is 4.88. The van der Waals surface area contributed by atoms with Crippen molar-refractivity contribution in [3.05, 3.63) is 47.5 Å². The Labute approximate surface area is 194 Å².